The smallest absolute Gasteiger partial charge is 0.0541 e. The SMILES string of the molecule is c1ccc(-n2c3ccccc3c3ccccc32)cc1.c1ccc(-n2c3ccccc3c3ccccc32)cc1.c1ccc2c(c1)[nH]c1ccccc12.c1ccc2c(c1)ccc1ccccc12.c1ccc2c(c1)ccc1ccccc12.c1ccc2cc3ccccc3cc2c1.c1ccc2cc3ccccc3cc2c1.c1ccc2cc3ccccc3cc2c1. The third-order valence-electron chi connectivity index (χ3n) is 22.8. The Morgan fingerprint density at radius 2 is 0.273 bits per heavy atom. The van der Waals surface area contributed by atoms with Gasteiger partial charge in [0, 0.05) is 54.7 Å². The summed E-state index contributed by atoms with van der Waals surface area (Å²) in [6.45, 7) is 0. The number of hydrogen-bond donors (Lipinski definition) is 1. The maximum absolute atomic E-state index is 3.38. The minimum absolute atomic E-state index is 1.21. The highest BCUT2D eigenvalue weighted by atomic mass is 15.0. The van der Waals surface area contributed by atoms with E-state index in [-0.39, 0.29) is 0 Å². The summed E-state index contributed by atoms with van der Waals surface area (Å²) in [5.74, 6) is 0. The van der Waals surface area contributed by atoms with Crippen LogP contribution in [0.2, 0.25) is 0 Å². The van der Waals surface area contributed by atoms with Crippen molar-refractivity contribution in [2.75, 3.05) is 0 Å². The van der Waals surface area contributed by atoms with E-state index >= 15 is 0 Å². The monoisotopic (exact) mass is 1540 g/mol. The molecule has 3 nitrogen and oxygen atoms in total. The molecule has 0 spiro atoms. The van der Waals surface area contributed by atoms with Crippen LogP contribution in [0.5, 0.6) is 0 Å². The molecule has 121 heavy (non-hydrogen) atoms. The van der Waals surface area contributed by atoms with E-state index in [1.807, 2.05) is 0 Å². The van der Waals surface area contributed by atoms with Crippen LogP contribution in [0.25, 0.3) is 185 Å². The summed E-state index contributed by atoms with van der Waals surface area (Å²) in [6.07, 6.45) is 0. The van der Waals surface area contributed by atoms with Crippen molar-refractivity contribution in [1.29, 1.82) is 0 Å². The van der Waals surface area contributed by atoms with Crippen LogP contribution in [0.1, 0.15) is 0 Å². The second-order valence-electron chi connectivity index (χ2n) is 30.3. The largest absolute Gasteiger partial charge is 0.355 e. The van der Waals surface area contributed by atoms with Gasteiger partial charge in [0.25, 0.3) is 0 Å². The van der Waals surface area contributed by atoms with E-state index in [1.54, 1.807) is 0 Å². The summed E-state index contributed by atoms with van der Waals surface area (Å²) in [5.41, 5.74) is 9.88. The van der Waals surface area contributed by atoms with E-state index in [0.717, 1.165) is 0 Å². The molecule has 3 heteroatoms. The normalized spacial score (nSPS) is 11.0. The van der Waals surface area contributed by atoms with Gasteiger partial charge in [0.15, 0.2) is 0 Å². The fourth-order valence-electron chi connectivity index (χ4n) is 16.9. The lowest BCUT2D eigenvalue weighted by atomic mass is 10.0. The van der Waals surface area contributed by atoms with Crippen molar-refractivity contribution in [3.63, 3.8) is 0 Å². The fraction of sp³-hybridized carbons (Fsp3) is 0. The number of nitrogens with zero attached hydrogens (tertiary/aromatic N) is 2. The zero-order valence-corrected chi connectivity index (χ0v) is 66.9. The molecule has 26 aromatic rings. The summed E-state index contributed by atoms with van der Waals surface area (Å²) >= 11 is 0. The highest BCUT2D eigenvalue weighted by molar-refractivity contribution is 6.13. The molecule has 0 aliphatic heterocycles. The van der Waals surface area contributed by atoms with Crippen LogP contribution in [0.4, 0.5) is 0 Å². The van der Waals surface area contributed by atoms with Crippen molar-refractivity contribution in [2.45, 2.75) is 0 Å². The zero-order valence-electron chi connectivity index (χ0n) is 66.9. The first-order valence-electron chi connectivity index (χ1n) is 41.4. The van der Waals surface area contributed by atoms with Crippen molar-refractivity contribution >= 4 is 173 Å². The van der Waals surface area contributed by atoms with E-state index in [0.29, 0.717) is 0 Å². The molecule has 0 fully saturated rings. The number of nitrogens with one attached hydrogen (secondary N) is 1. The molecule has 0 unspecified atom stereocenters. The molecule has 3 aromatic heterocycles. The number of aromatic nitrogens is 3. The lowest BCUT2D eigenvalue weighted by Gasteiger charge is -2.06. The number of fused-ring (bicyclic) bond motifs is 21. The number of benzene rings is 23. The Morgan fingerprint density at radius 3 is 0.488 bits per heavy atom. The predicted molar refractivity (Wildman–Crippen MR) is 525 cm³/mol. The van der Waals surface area contributed by atoms with E-state index in [1.165, 1.54) is 185 Å². The molecule has 3 heterocycles. The Bertz CT molecular complexity index is 6970. The molecule has 26 rings (SSSR count). The highest BCUT2D eigenvalue weighted by Crippen LogP contribution is 2.35. The standard InChI is InChI=1S/2C18H13N.5C14H10.C12H9N/c2*1-2-8-14(9-3-1)19-17-12-6-4-10-15(17)16-11-5-7-13-18(16)19;2*1-3-7-13-11(5-1)9-10-12-6-2-4-8-14(12)13;3*1-2-6-12-10-14-8-4-3-7-13(14)9-11(12)5-1;1-3-7-11-9(5-1)10-6-2-4-8-12(10)13-11/h2*1-13H;5*1-10H;1-8,13H. The van der Waals surface area contributed by atoms with E-state index < -0.39 is 0 Å². The Kier molecular flexibility index (Phi) is 21.9. The Labute approximate surface area is 703 Å². The van der Waals surface area contributed by atoms with Crippen molar-refractivity contribution < 1.29 is 0 Å². The van der Waals surface area contributed by atoms with Crippen LogP contribution in [-0.2, 0) is 0 Å². The number of aromatic amines is 1. The first-order valence-corrected chi connectivity index (χ1v) is 41.4. The molecule has 0 bridgehead atoms. The molecule has 0 aliphatic rings. The van der Waals surface area contributed by atoms with Crippen molar-refractivity contribution in [3.05, 3.63) is 510 Å². The van der Waals surface area contributed by atoms with E-state index in [9.17, 15) is 0 Å². The van der Waals surface area contributed by atoms with Crippen LogP contribution in [-0.4, -0.2) is 14.1 Å². The van der Waals surface area contributed by atoms with Crippen LogP contribution >= 0.6 is 0 Å². The van der Waals surface area contributed by atoms with E-state index in [4.69, 9.17) is 0 Å². The zero-order chi connectivity index (χ0) is 80.9. The molecule has 1 N–H and O–H groups in total. The average Bonchev–Trinajstić information content (AvgIpc) is 1.61. The summed E-state index contributed by atoms with van der Waals surface area (Å²) in [5, 5.41) is 34.2. The number of rotatable bonds is 2. The van der Waals surface area contributed by atoms with Gasteiger partial charge in [-0.05, 0) is 205 Å². The minimum atomic E-state index is 1.21. The maximum atomic E-state index is 3.38. The molecule has 0 aliphatic carbocycles. The molecule has 0 saturated carbocycles. The molecular formula is C118H85N3. The minimum Gasteiger partial charge on any atom is -0.355 e. The lowest BCUT2D eigenvalue weighted by molar-refractivity contribution is 1.18. The van der Waals surface area contributed by atoms with Gasteiger partial charge in [-0.2, -0.15) is 0 Å². The van der Waals surface area contributed by atoms with Crippen LogP contribution < -0.4 is 0 Å². The summed E-state index contributed by atoms with van der Waals surface area (Å²) in [4.78, 5) is 3.38. The maximum Gasteiger partial charge on any atom is 0.0541 e. The Hall–Kier alpha value is -15.9. The molecule has 0 amide bonds. The number of para-hydroxylation sites is 8. The van der Waals surface area contributed by atoms with Gasteiger partial charge in [-0.15, -0.1) is 0 Å². The lowest BCUT2D eigenvalue weighted by Crippen LogP contribution is -1.92. The van der Waals surface area contributed by atoms with Crippen molar-refractivity contribution in [3.8, 4) is 11.4 Å². The molecule has 0 saturated heterocycles. The summed E-state index contributed by atoms with van der Waals surface area (Å²) in [6, 6.07) is 179. The van der Waals surface area contributed by atoms with Crippen LogP contribution in [0.15, 0.2) is 510 Å². The van der Waals surface area contributed by atoms with Gasteiger partial charge in [-0.3, -0.25) is 0 Å². The van der Waals surface area contributed by atoms with Crippen molar-refractivity contribution in [2.24, 2.45) is 0 Å². The average molecular weight is 1540 g/mol. The summed E-state index contributed by atoms with van der Waals surface area (Å²) < 4.78 is 4.65. The predicted octanol–water partition coefficient (Wildman–Crippen LogP) is 32.9. The molecule has 0 radical (unpaired) electrons. The molecule has 572 valence electrons. The van der Waals surface area contributed by atoms with E-state index in [2.05, 4.69) is 524 Å². The first-order chi connectivity index (χ1) is 60.0. The van der Waals surface area contributed by atoms with Gasteiger partial charge < -0.3 is 14.1 Å². The first kappa shape index (κ1) is 75.1. The van der Waals surface area contributed by atoms with Gasteiger partial charge in [0.1, 0.15) is 0 Å². The molecule has 0 atom stereocenters. The molecular weight excluding hydrogens is 1460 g/mol. The number of hydrogen-bond acceptors (Lipinski definition) is 0. The van der Waals surface area contributed by atoms with Crippen LogP contribution in [0.3, 0.4) is 0 Å². The van der Waals surface area contributed by atoms with Crippen molar-refractivity contribution in [1.82, 2.24) is 14.1 Å². The quantitative estimate of drug-likeness (QED) is 0.132. The topological polar surface area (TPSA) is 25.6 Å². The third-order valence-corrected chi connectivity index (χ3v) is 22.8. The second-order valence-corrected chi connectivity index (χ2v) is 30.3. The third kappa shape index (κ3) is 16.3. The Balaban J connectivity index is 0.0000000916. The highest BCUT2D eigenvalue weighted by Gasteiger charge is 2.13. The second kappa shape index (κ2) is 35.3. The van der Waals surface area contributed by atoms with Gasteiger partial charge in [0.05, 0.1) is 22.1 Å². The van der Waals surface area contributed by atoms with Gasteiger partial charge >= 0.3 is 0 Å². The number of H-pyrrole nitrogens is 1. The van der Waals surface area contributed by atoms with Gasteiger partial charge in [0.2, 0.25) is 0 Å². The van der Waals surface area contributed by atoms with Gasteiger partial charge in [-0.25, -0.2) is 0 Å². The van der Waals surface area contributed by atoms with Gasteiger partial charge in [-0.1, -0.05) is 413 Å². The fourth-order valence-corrected chi connectivity index (χ4v) is 16.9. The summed E-state index contributed by atoms with van der Waals surface area (Å²) in [7, 11) is 0. The van der Waals surface area contributed by atoms with Crippen LogP contribution in [0, 0.1) is 0 Å². The molecule has 23 aromatic carbocycles. The Morgan fingerprint density at radius 1 is 0.116 bits per heavy atom.